The molecule has 144 valence electrons. The van der Waals surface area contributed by atoms with Gasteiger partial charge in [-0.15, -0.1) is 11.3 Å². The van der Waals surface area contributed by atoms with Gasteiger partial charge >= 0.3 is 5.97 Å². The highest BCUT2D eigenvalue weighted by molar-refractivity contribution is 9.10. The summed E-state index contributed by atoms with van der Waals surface area (Å²) in [4.78, 5) is 28.5. The maximum absolute atomic E-state index is 12.1. The Bertz CT molecular complexity index is 1060. The van der Waals surface area contributed by atoms with E-state index in [1.807, 2.05) is 29.6 Å². The van der Waals surface area contributed by atoms with Gasteiger partial charge in [-0.2, -0.15) is 0 Å². The van der Waals surface area contributed by atoms with Crippen molar-refractivity contribution in [1.82, 2.24) is 4.98 Å². The Morgan fingerprint density at radius 1 is 1.25 bits per heavy atom. The number of aromatic nitrogens is 1. The molecule has 0 spiro atoms. The van der Waals surface area contributed by atoms with Gasteiger partial charge in [0.05, 0.1) is 22.0 Å². The standard InChI is InChI=1S/C18H12BrCl2N3O3S/c19-10-3-1-2-9(4-10)14-8-28-18(23-14)24-15(25)7-27-17(26)12-5-11(20)6-13(21)16(12)22/h1-6,8H,7,22H2,(H,23,24,25). The van der Waals surface area contributed by atoms with E-state index in [0.717, 1.165) is 15.7 Å². The van der Waals surface area contributed by atoms with Crippen LogP contribution in [0.25, 0.3) is 11.3 Å². The third-order valence-electron chi connectivity index (χ3n) is 3.52. The van der Waals surface area contributed by atoms with E-state index in [2.05, 4.69) is 26.2 Å². The summed E-state index contributed by atoms with van der Waals surface area (Å²) in [5.41, 5.74) is 7.41. The predicted octanol–water partition coefficient (Wildman–Crippen LogP) is 5.26. The molecule has 6 nitrogen and oxygen atoms in total. The second-order valence-corrected chi connectivity index (χ2v) is 8.14. The Morgan fingerprint density at radius 3 is 2.79 bits per heavy atom. The molecule has 0 aliphatic rings. The number of amides is 1. The molecule has 28 heavy (non-hydrogen) atoms. The van der Waals surface area contributed by atoms with Crippen LogP contribution in [0.3, 0.4) is 0 Å². The molecule has 1 heterocycles. The van der Waals surface area contributed by atoms with Crippen LogP contribution in [0.1, 0.15) is 10.4 Å². The molecule has 0 bridgehead atoms. The molecular weight excluding hydrogens is 489 g/mol. The monoisotopic (exact) mass is 499 g/mol. The first-order valence-corrected chi connectivity index (χ1v) is 10.2. The van der Waals surface area contributed by atoms with E-state index in [-0.39, 0.29) is 21.3 Å². The van der Waals surface area contributed by atoms with Gasteiger partial charge in [0.15, 0.2) is 11.7 Å². The number of benzene rings is 2. The first-order chi connectivity index (χ1) is 13.3. The van der Waals surface area contributed by atoms with Crippen LogP contribution >= 0.6 is 50.5 Å². The van der Waals surface area contributed by atoms with Gasteiger partial charge in [-0.05, 0) is 24.3 Å². The fourth-order valence-corrected chi connectivity index (χ4v) is 3.86. The number of anilines is 2. The second kappa shape index (κ2) is 8.91. The molecule has 1 amide bonds. The van der Waals surface area contributed by atoms with Crippen molar-refractivity contribution in [3.05, 3.63) is 61.9 Å². The molecule has 0 radical (unpaired) electrons. The summed E-state index contributed by atoms with van der Waals surface area (Å²) in [6.07, 6.45) is 0. The minimum Gasteiger partial charge on any atom is -0.452 e. The van der Waals surface area contributed by atoms with Crippen LogP contribution in [0.2, 0.25) is 10.0 Å². The molecular formula is C18H12BrCl2N3O3S. The molecule has 3 rings (SSSR count). The Morgan fingerprint density at radius 2 is 2.04 bits per heavy atom. The zero-order valence-electron chi connectivity index (χ0n) is 14.0. The Balaban J connectivity index is 1.60. The number of rotatable bonds is 5. The molecule has 0 fully saturated rings. The molecule has 1 aromatic heterocycles. The number of nitrogens with one attached hydrogen (secondary N) is 1. The number of nitrogens with two attached hydrogens (primary N) is 1. The van der Waals surface area contributed by atoms with Crippen molar-refractivity contribution < 1.29 is 14.3 Å². The SMILES string of the molecule is Nc1c(Cl)cc(Cl)cc1C(=O)OCC(=O)Nc1nc(-c2cccc(Br)c2)cs1. The maximum Gasteiger partial charge on any atom is 0.340 e. The van der Waals surface area contributed by atoms with Gasteiger partial charge in [0.2, 0.25) is 0 Å². The number of ether oxygens (including phenoxy) is 1. The zero-order valence-corrected chi connectivity index (χ0v) is 18.0. The molecule has 3 N–H and O–H groups in total. The Hall–Kier alpha value is -2.13. The summed E-state index contributed by atoms with van der Waals surface area (Å²) in [6.45, 7) is -0.506. The molecule has 10 heteroatoms. The highest BCUT2D eigenvalue weighted by atomic mass is 79.9. The molecule has 0 atom stereocenters. The first-order valence-electron chi connectivity index (χ1n) is 7.76. The normalized spacial score (nSPS) is 10.5. The van der Waals surface area contributed by atoms with E-state index in [4.69, 9.17) is 33.7 Å². The lowest BCUT2D eigenvalue weighted by atomic mass is 10.2. The Labute approximate surface area is 182 Å². The smallest absolute Gasteiger partial charge is 0.340 e. The minimum absolute atomic E-state index is 0.00325. The average Bonchev–Trinajstić information content (AvgIpc) is 3.11. The van der Waals surface area contributed by atoms with Crippen LogP contribution in [0.5, 0.6) is 0 Å². The van der Waals surface area contributed by atoms with E-state index in [1.54, 1.807) is 0 Å². The second-order valence-electron chi connectivity index (χ2n) is 5.52. The first kappa shape index (κ1) is 20.6. The van der Waals surface area contributed by atoms with Crippen molar-refractivity contribution in [2.24, 2.45) is 0 Å². The zero-order chi connectivity index (χ0) is 20.3. The molecule has 0 unspecified atom stereocenters. The molecule has 0 aliphatic carbocycles. The number of nitrogens with zero attached hydrogens (tertiary/aromatic N) is 1. The summed E-state index contributed by atoms with van der Waals surface area (Å²) in [5, 5.41) is 5.16. The van der Waals surface area contributed by atoms with E-state index >= 15 is 0 Å². The van der Waals surface area contributed by atoms with Crippen LogP contribution in [0.15, 0.2) is 46.3 Å². The molecule has 0 saturated heterocycles. The number of hydrogen-bond donors (Lipinski definition) is 2. The lowest BCUT2D eigenvalue weighted by Gasteiger charge is -2.08. The van der Waals surface area contributed by atoms with Gasteiger partial charge < -0.3 is 10.5 Å². The van der Waals surface area contributed by atoms with Crippen LogP contribution in [-0.4, -0.2) is 23.5 Å². The van der Waals surface area contributed by atoms with Crippen LogP contribution in [0.4, 0.5) is 10.8 Å². The average molecular weight is 501 g/mol. The molecule has 0 saturated carbocycles. The summed E-state index contributed by atoms with van der Waals surface area (Å²) in [6, 6.07) is 10.4. The van der Waals surface area contributed by atoms with Gasteiger partial charge in [-0.1, -0.05) is 51.3 Å². The quantitative estimate of drug-likeness (QED) is 0.368. The van der Waals surface area contributed by atoms with Gasteiger partial charge in [0.1, 0.15) is 0 Å². The minimum atomic E-state index is -0.800. The lowest BCUT2D eigenvalue weighted by Crippen LogP contribution is -2.21. The third kappa shape index (κ3) is 5.02. The van der Waals surface area contributed by atoms with E-state index in [9.17, 15) is 9.59 Å². The van der Waals surface area contributed by atoms with E-state index in [0.29, 0.717) is 5.13 Å². The van der Waals surface area contributed by atoms with Crippen molar-refractivity contribution >= 4 is 73.2 Å². The van der Waals surface area contributed by atoms with Crippen LogP contribution in [-0.2, 0) is 9.53 Å². The molecule has 3 aromatic rings. The fraction of sp³-hybridized carbons (Fsp3) is 0.0556. The third-order valence-corrected chi connectivity index (χ3v) is 5.30. The summed E-state index contributed by atoms with van der Waals surface area (Å²) in [5.74, 6) is -1.33. The predicted molar refractivity (Wildman–Crippen MR) is 115 cm³/mol. The van der Waals surface area contributed by atoms with Crippen molar-refractivity contribution in [3.8, 4) is 11.3 Å². The maximum atomic E-state index is 12.1. The van der Waals surface area contributed by atoms with Crippen molar-refractivity contribution in [3.63, 3.8) is 0 Å². The van der Waals surface area contributed by atoms with Crippen LogP contribution < -0.4 is 11.1 Å². The van der Waals surface area contributed by atoms with Crippen LogP contribution in [0, 0.1) is 0 Å². The number of thiazole rings is 1. The van der Waals surface area contributed by atoms with Gasteiger partial charge in [0.25, 0.3) is 5.91 Å². The Kier molecular flexibility index (Phi) is 6.56. The lowest BCUT2D eigenvalue weighted by molar-refractivity contribution is -0.119. The van der Waals surface area contributed by atoms with Crippen molar-refractivity contribution in [2.75, 3.05) is 17.7 Å². The summed E-state index contributed by atoms with van der Waals surface area (Å²) < 4.78 is 5.91. The van der Waals surface area contributed by atoms with Gasteiger partial charge in [-0.25, -0.2) is 9.78 Å². The number of carbonyl (C=O) groups excluding carboxylic acids is 2. The highest BCUT2D eigenvalue weighted by Crippen LogP contribution is 2.28. The van der Waals surface area contributed by atoms with E-state index in [1.165, 1.54) is 23.5 Å². The number of halogens is 3. The van der Waals surface area contributed by atoms with Gasteiger partial charge in [0, 0.05) is 20.4 Å². The number of hydrogen-bond acceptors (Lipinski definition) is 6. The van der Waals surface area contributed by atoms with Gasteiger partial charge in [-0.3, -0.25) is 10.1 Å². The highest BCUT2D eigenvalue weighted by Gasteiger charge is 2.17. The van der Waals surface area contributed by atoms with Crippen molar-refractivity contribution in [1.29, 1.82) is 0 Å². The van der Waals surface area contributed by atoms with Crippen molar-refractivity contribution in [2.45, 2.75) is 0 Å². The number of esters is 1. The number of carbonyl (C=O) groups is 2. The summed E-state index contributed by atoms with van der Waals surface area (Å²) >= 11 is 16.4. The fourth-order valence-electron chi connectivity index (χ4n) is 2.23. The molecule has 0 aliphatic heterocycles. The molecule has 2 aromatic carbocycles. The summed E-state index contributed by atoms with van der Waals surface area (Å²) in [7, 11) is 0. The topological polar surface area (TPSA) is 94.3 Å². The number of nitrogen functional groups attached to an aromatic ring is 1. The van der Waals surface area contributed by atoms with E-state index < -0.39 is 18.5 Å². The largest absolute Gasteiger partial charge is 0.452 e.